The van der Waals surface area contributed by atoms with E-state index in [1.165, 1.54) is 10.9 Å². The van der Waals surface area contributed by atoms with Crippen LogP contribution in [-0.2, 0) is 0 Å². The standard InChI is InChI=1S/C8H7N/c1-6-5-7-3-2-4-8(7)9-6/h2-5,9H,1H2. The lowest BCUT2D eigenvalue weighted by Gasteiger charge is -1.71. The third-order valence-corrected chi connectivity index (χ3v) is 1.47. The SMILES string of the molecule is C=c1cc2c([nH]1)=CC=C2. The minimum atomic E-state index is 0.987. The molecule has 1 aromatic rings. The fourth-order valence-corrected chi connectivity index (χ4v) is 1.07. The molecule has 0 amide bonds. The Hall–Kier alpha value is -1.24. The maximum atomic E-state index is 3.77. The third-order valence-electron chi connectivity index (χ3n) is 1.47. The highest BCUT2D eigenvalue weighted by atomic mass is 14.7. The van der Waals surface area contributed by atoms with Crippen LogP contribution in [0.4, 0.5) is 0 Å². The molecule has 1 N–H and O–H groups in total. The molecule has 0 saturated carbocycles. The van der Waals surface area contributed by atoms with E-state index in [4.69, 9.17) is 0 Å². The highest BCUT2D eigenvalue weighted by molar-refractivity contribution is 5.65. The van der Waals surface area contributed by atoms with Crippen LogP contribution in [-0.4, -0.2) is 4.98 Å². The molecule has 0 spiro atoms. The number of fused-ring (bicyclic) bond motifs is 1. The summed E-state index contributed by atoms with van der Waals surface area (Å²) in [6.07, 6.45) is 6.14. The average molecular weight is 117 g/mol. The fraction of sp³-hybridized carbons (Fsp3) is 0. The van der Waals surface area contributed by atoms with Crippen molar-refractivity contribution in [2.45, 2.75) is 0 Å². The molecule has 2 rings (SSSR count). The van der Waals surface area contributed by atoms with E-state index in [-0.39, 0.29) is 0 Å². The van der Waals surface area contributed by atoms with Crippen LogP contribution in [0.2, 0.25) is 0 Å². The van der Waals surface area contributed by atoms with Gasteiger partial charge in [0, 0.05) is 10.7 Å². The van der Waals surface area contributed by atoms with Crippen molar-refractivity contribution in [3.8, 4) is 0 Å². The van der Waals surface area contributed by atoms with Gasteiger partial charge < -0.3 is 4.98 Å². The van der Waals surface area contributed by atoms with Crippen LogP contribution in [0.15, 0.2) is 12.1 Å². The number of rotatable bonds is 0. The topological polar surface area (TPSA) is 15.8 Å². The van der Waals surface area contributed by atoms with E-state index in [1.807, 2.05) is 18.2 Å². The zero-order chi connectivity index (χ0) is 6.27. The van der Waals surface area contributed by atoms with Gasteiger partial charge in [-0.05, 0) is 17.7 Å². The molecule has 0 fully saturated rings. The van der Waals surface area contributed by atoms with Crippen molar-refractivity contribution < 1.29 is 0 Å². The van der Waals surface area contributed by atoms with Gasteiger partial charge in [0.15, 0.2) is 0 Å². The van der Waals surface area contributed by atoms with E-state index >= 15 is 0 Å². The minimum absolute atomic E-state index is 0.987. The van der Waals surface area contributed by atoms with Crippen molar-refractivity contribution in [1.29, 1.82) is 0 Å². The Morgan fingerprint density at radius 2 is 2.33 bits per heavy atom. The molecule has 0 saturated heterocycles. The lowest BCUT2D eigenvalue weighted by molar-refractivity contribution is 1.28. The van der Waals surface area contributed by atoms with E-state index in [1.54, 1.807) is 0 Å². The summed E-state index contributed by atoms with van der Waals surface area (Å²) in [7, 11) is 0. The summed E-state index contributed by atoms with van der Waals surface area (Å²) < 4.78 is 0. The van der Waals surface area contributed by atoms with Crippen molar-refractivity contribution in [2.75, 3.05) is 0 Å². The van der Waals surface area contributed by atoms with Gasteiger partial charge in [0.1, 0.15) is 0 Å². The van der Waals surface area contributed by atoms with Gasteiger partial charge in [0.05, 0.1) is 0 Å². The lowest BCUT2D eigenvalue weighted by Crippen LogP contribution is -2.06. The van der Waals surface area contributed by atoms with Gasteiger partial charge in [0.25, 0.3) is 0 Å². The maximum absolute atomic E-state index is 3.77. The minimum Gasteiger partial charge on any atom is -0.356 e. The normalized spacial score (nSPS) is 13.3. The predicted octanol–water partition coefficient (Wildman–Crippen LogP) is 0.232. The van der Waals surface area contributed by atoms with Crippen LogP contribution >= 0.6 is 0 Å². The summed E-state index contributed by atoms with van der Waals surface area (Å²) in [6, 6.07) is 2.04. The predicted molar refractivity (Wildman–Crippen MR) is 39.1 cm³/mol. The van der Waals surface area contributed by atoms with Gasteiger partial charge in [-0.15, -0.1) is 0 Å². The van der Waals surface area contributed by atoms with E-state index in [2.05, 4.69) is 17.6 Å². The van der Waals surface area contributed by atoms with Crippen LogP contribution in [0.25, 0.3) is 18.7 Å². The van der Waals surface area contributed by atoms with Crippen LogP contribution in [0.1, 0.15) is 5.56 Å². The maximum Gasteiger partial charge on any atom is 0.0458 e. The second kappa shape index (κ2) is 1.38. The second-order valence-corrected chi connectivity index (χ2v) is 2.19. The van der Waals surface area contributed by atoms with E-state index in [9.17, 15) is 0 Å². The second-order valence-electron chi connectivity index (χ2n) is 2.19. The number of H-pyrrole nitrogens is 1. The molecule has 0 atom stereocenters. The van der Waals surface area contributed by atoms with Gasteiger partial charge in [0.2, 0.25) is 0 Å². The van der Waals surface area contributed by atoms with Crippen LogP contribution in [0.3, 0.4) is 0 Å². The molecule has 0 aliphatic heterocycles. The summed E-state index contributed by atoms with van der Waals surface area (Å²) in [4.78, 5) is 3.13. The highest BCUT2D eigenvalue weighted by Gasteiger charge is 1.94. The molecule has 9 heavy (non-hydrogen) atoms. The fourth-order valence-electron chi connectivity index (χ4n) is 1.07. The molecule has 1 nitrogen and oxygen atoms in total. The van der Waals surface area contributed by atoms with E-state index in [0.29, 0.717) is 0 Å². The molecular weight excluding hydrogens is 110 g/mol. The number of aromatic nitrogens is 1. The summed E-state index contributed by atoms with van der Waals surface area (Å²) in [5.41, 5.74) is 1.25. The zero-order valence-corrected chi connectivity index (χ0v) is 5.02. The van der Waals surface area contributed by atoms with Crippen molar-refractivity contribution in [1.82, 2.24) is 4.98 Å². The molecule has 1 aliphatic rings. The molecule has 0 bridgehead atoms. The van der Waals surface area contributed by atoms with Crippen molar-refractivity contribution in [3.63, 3.8) is 0 Å². The first kappa shape index (κ1) is 4.62. The number of allylic oxidation sites excluding steroid dienone is 1. The van der Waals surface area contributed by atoms with E-state index < -0.39 is 0 Å². The molecular formula is C8H7N. The first-order valence-corrected chi connectivity index (χ1v) is 2.92. The molecule has 1 heteroatoms. The number of hydrogen-bond acceptors (Lipinski definition) is 0. The Kier molecular flexibility index (Phi) is 0.707. The Balaban J connectivity index is 2.96. The molecule has 44 valence electrons. The van der Waals surface area contributed by atoms with Gasteiger partial charge in [-0.2, -0.15) is 0 Å². The largest absolute Gasteiger partial charge is 0.356 e. The van der Waals surface area contributed by atoms with E-state index in [0.717, 1.165) is 5.35 Å². The van der Waals surface area contributed by atoms with Crippen molar-refractivity contribution in [3.05, 3.63) is 28.4 Å². The molecule has 0 aromatic carbocycles. The van der Waals surface area contributed by atoms with Crippen molar-refractivity contribution >= 4 is 18.7 Å². The Morgan fingerprint density at radius 1 is 1.44 bits per heavy atom. The lowest BCUT2D eigenvalue weighted by atomic mass is 10.3. The van der Waals surface area contributed by atoms with Gasteiger partial charge in [-0.25, -0.2) is 0 Å². The summed E-state index contributed by atoms with van der Waals surface area (Å²) in [6.45, 7) is 3.77. The number of aromatic amines is 1. The molecule has 0 radical (unpaired) electrons. The van der Waals surface area contributed by atoms with Gasteiger partial charge >= 0.3 is 0 Å². The quantitative estimate of drug-likeness (QED) is 0.500. The van der Waals surface area contributed by atoms with Gasteiger partial charge in [-0.1, -0.05) is 18.7 Å². The third kappa shape index (κ3) is 0.545. The summed E-state index contributed by atoms with van der Waals surface area (Å²) in [5.74, 6) is 0. The smallest absolute Gasteiger partial charge is 0.0458 e. The van der Waals surface area contributed by atoms with Crippen LogP contribution < -0.4 is 10.7 Å². The molecule has 1 aromatic heterocycles. The number of nitrogens with one attached hydrogen (secondary N) is 1. The monoisotopic (exact) mass is 117 g/mol. The van der Waals surface area contributed by atoms with Crippen LogP contribution in [0, 0.1) is 0 Å². The number of hydrogen-bond donors (Lipinski definition) is 1. The first-order valence-electron chi connectivity index (χ1n) is 2.92. The average Bonchev–Trinajstić information content (AvgIpc) is 2.22. The summed E-state index contributed by atoms with van der Waals surface area (Å²) >= 11 is 0. The Bertz CT molecular complexity index is 354. The molecule has 0 unspecified atom stereocenters. The molecule has 1 heterocycles. The highest BCUT2D eigenvalue weighted by Crippen LogP contribution is 1.96. The van der Waals surface area contributed by atoms with Crippen molar-refractivity contribution in [2.24, 2.45) is 0 Å². The Labute approximate surface area is 53.0 Å². The Morgan fingerprint density at radius 3 is 3.11 bits per heavy atom. The summed E-state index contributed by atoms with van der Waals surface area (Å²) in [5, 5.41) is 2.17. The van der Waals surface area contributed by atoms with Gasteiger partial charge in [-0.3, -0.25) is 0 Å². The molecule has 1 aliphatic carbocycles. The van der Waals surface area contributed by atoms with Crippen LogP contribution in [0.5, 0.6) is 0 Å². The zero-order valence-electron chi connectivity index (χ0n) is 5.02. The first-order chi connectivity index (χ1) is 4.36.